The highest BCUT2D eigenvalue weighted by molar-refractivity contribution is 8.00. The predicted molar refractivity (Wildman–Crippen MR) is 81.6 cm³/mol. The van der Waals surface area contributed by atoms with Gasteiger partial charge in [-0.1, -0.05) is 23.2 Å². The van der Waals surface area contributed by atoms with E-state index < -0.39 is 17.3 Å². The van der Waals surface area contributed by atoms with Crippen LogP contribution in [-0.2, 0) is 9.59 Å². The maximum atomic E-state index is 11.9. The Morgan fingerprint density at radius 1 is 1.35 bits per heavy atom. The molecule has 1 aromatic rings. The van der Waals surface area contributed by atoms with Gasteiger partial charge in [0.25, 0.3) is 0 Å². The summed E-state index contributed by atoms with van der Waals surface area (Å²) >= 11 is 13.2. The Bertz CT molecular complexity index is 510. The number of rotatable bonds is 6. The van der Waals surface area contributed by atoms with Crippen molar-refractivity contribution in [2.45, 2.75) is 36.5 Å². The fourth-order valence-corrected chi connectivity index (χ4v) is 2.90. The topological polar surface area (TPSA) is 66.4 Å². The molecule has 0 aliphatic heterocycles. The van der Waals surface area contributed by atoms with E-state index in [1.807, 2.05) is 0 Å². The van der Waals surface area contributed by atoms with Crippen LogP contribution in [0, 0.1) is 0 Å². The van der Waals surface area contributed by atoms with Crippen molar-refractivity contribution in [1.29, 1.82) is 0 Å². The average molecular weight is 336 g/mol. The first kappa shape index (κ1) is 17.1. The van der Waals surface area contributed by atoms with E-state index in [4.69, 9.17) is 28.3 Å². The maximum Gasteiger partial charge on any atom is 0.305 e. The number of carboxylic acids is 1. The number of hydrogen-bond acceptors (Lipinski definition) is 3. The van der Waals surface area contributed by atoms with Crippen LogP contribution in [-0.4, -0.2) is 28.3 Å². The molecule has 20 heavy (non-hydrogen) atoms. The Morgan fingerprint density at radius 3 is 2.60 bits per heavy atom. The van der Waals surface area contributed by atoms with Gasteiger partial charge in [-0.25, -0.2) is 0 Å². The number of halogens is 2. The zero-order valence-electron chi connectivity index (χ0n) is 11.0. The van der Waals surface area contributed by atoms with Crippen LogP contribution in [0.5, 0.6) is 0 Å². The molecule has 0 aliphatic carbocycles. The molecule has 2 unspecified atom stereocenters. The second kappa shape index (κ2) is 7.76. The first-order chi connectivity index (χ1) is 9.29. The molecule has 0 bridgehead atoms. The van der Waals surface area contributed by atoms with Gasteiger partial charge < -0.3 is 10.4 Å². The molecule has 1 rings (SSSR count). The fourth-order valence-electron chi connectivity index (χ4n) is 1.48. The number of carbonyl (C=O) groups excluding carboxylic acids is 1. The summed E-state index contributed by atoms with van der Waals surface area (Å²) in [5.74, 6) is -1.18. The molecule has 4 nitrogen and oxygen atoms in total. The average Bonchev–Trinajstić information content (AvgIpc) is 2.32. The Kier molecular flexibility index (Phi) is 6.65. The van der Waals surface area contributed by atoms with E-state index in [0.29, 0.717) is 14.9 Å². The lowest BCUT2D eigenvalue weighted by molar-refractivity contribution is -0.137. The molecule has 2 atom stereocenters. The van der Waals surface area contributed by atoms with E-state index in [2.05, 4.69) is 5.32 Å². The highest BCUT2D eigenvalue weighted by Gasteiger charge is 2.19. The smallest absolute Gasteiger partial charge is 0.305 e. The highest BCUT2D eigenvalue weighted by atomic mass is 35.5. The van der Waals surface area contributed by atoms with Crippen LogP contribution < -0.4 is 5.32 Å². The van der Waals surface area contributed by atoms with Crippen molar-refractivity contribution in [3.63, 3.8) is 0 Å². The van der Waals surface area contributed by atoms with E-state index >= 15 is 0 Å². The quantitative estimate of drug-likeness (QED) is 0.781. The number of thioether (sulfide) groups is 1. The van der Waals surface area contributed by atoms with Crippen molar-refractivity contribution in [3.8, 4) is 0 Å². The summed E-state index contributed by atoms with van der Waals surface area (Å²) in [6.07, 6.45) is -0.110. The van der Waals surface area contributed by atoms with Gasteiger partial charge in [-0.3, -0.25) is 9.59 Å². The minimum absolute atomic E-state index is 0.110. The summed E-state index contributed by atoms with van der Waals surface area (Å²) in [6.45, 7) is 3.38. The number of aliphatic carboxylic acids is 1. The van der Waals surface area contributed by atoms with Crippen LogP contribution in [0.4, 0.5) is 0 Å². The summed E-state index contributed by atoms with van der Waals surface area (Å²) in [7, 11) is 0. The molecule has 0 saturated heterocycles. The van der Waals surface area contributed by atoms with Crippen molar-refractivity contribution in [3.05, 3.63) is 28.2 Å². The largest absolute Gasteiger partial charge is 0.481 e. The summed E-state index contributed by atoms with van der Waals surface area (Å²) < 4.78 is 0. The summed E-state index contributed by atoms with van der Waals surface area (Å²) in [4.78, 5) is 23.2. The zero-order valence-corrected chi connectivity index (χ0v) is 13.4. The molecular formula is C13H15Cl2NO3S. The first-order valence-electron chi connectivity index (χ1n) is 5.93. The molecule has 1 aromatic carbocycles. The third kappa shape index (κ3) is 5.61. The molecule has 0 aliphatic rings. The lowest BCUT2D eigenvalue weighted by Crippen LogP contribution is -2.38. The van der Waals surface area contributed by atoms with Gasteiger partial charge in [-0.05, 0) is 32.0 Å². The molecule has 0 heterocycles. The van der Waals surface area contributed by atoms with Gasteiger partial charge in [0.2, 0.25) is 5.91 Å². The number of nitrogens with one attached hydrogen (secondary N) is 1. The molecule has 2 N–H and O–H groups in total. The third-order valence-corrected chi connectivity index (χ3v) is 4.27. The first-order valence-corrected chi connectivity index (χ1v) is 7.57. The standard InChI is InChI=1S/C13H15Cl2NO3S/c1-7(5-12(17)18)16-13(19)8(2)20-11-6-9(14)3-4-10(11)15/h3-4,6-8H,5H2,1-2H3,(H,16,19)(H,17,18). The Morgan fingerprint density at radius 2 is 2.00 bits per heavy atom. The Hall–Kier alpha value is -0.910. The molecule has 0 saturated carbocycles. The van der Waals surface area contributed by atoms with Crippen LogP contribution in [0.3, 0.4) is 0 Å². The van der Waals surface area contributed by atoms with Gasteiger partial charge in [-0.15, -0.1) is 11.8 Å². The lowest BCUT2D eigenvalue weighted by Gasteiger charge is -2.16. The van der Waals surface area contributed by atoms with Gasteiger partial charge in [0.1, 0.15) is 0 Å². The molecule has 0 aromatic heterocycles. The Labute approximate surface area is 131 Å². The molecular weight excluding hydrogens is 321 g/mol. The van der Waals surface area contributed by atoms with Crippen LogP contribution in [0.1, 0.15) is 20.3 Å². The SMILES string of the molecule is CC(CC(=O)O)NC(=O)C(C)Sc1cc(Cl)ccc1Cl. The van der Waals surface area contributed by atoms with E-state index in [0.717, 1.165) is 0 Å². The van der Waals surface area contributed by atoms with Crippen molar-refractivity contribution >= 4 is 46.8 Å². The molecule has 0 radical (unpaired) electrons. The molecule has 1 amide bonds. The van der Waals surface area contributed by atoms with Crippen LogP contribution >= 0.6 is 35.0 Å². The second-order valence-electron chi connectivity index (χ2n) is 4.34. The molecule has 110 valence electrons. The van der Waals surface area contributed by atoms with Crippen molar-refractivity contribution < 1.29 is 14.7 Å². The number of amides is 1. The van der Waals surface area contributed by atoms with E-state index in [-0.39, 0.29) is 12.3 Å². The minimum atomic E-state index is -0.948. The zero-order chi connectivity index (χ0) is 15.3. The lowest BCUT2D eigenvalue weighted by atomic mass is 10.2. The van der Waals surface area contributed by atoms with Gasteiger partial charge in [0, 0.05) is 16.0 Å². The van der Waals surface area contributed by atoms with Gasteiger partial charge in [-0.2, -0.15) is 0 Å². The number of benzene rings is 1. The monoisotopic (exact) mass is 335 g/mol. The predicted octanol–water partition coefficient (Wildman–Crippen LogP) is 3.45. The van der Waals surface area contributed by atoms with E-state index in [9.17, 15) is 9.59 Å². The summed E-state index contributed by atoms with van der Waals surface area (Å²) in [6, 6.07) is 4.62. The molecule has 0 spiro atoms. The third-order valence-electron chi connectivity index (χ3n) is 2.44. The van der Waals surface area contributed by atoms with E-state index in [1.54, 1.807) is 32.0 Å². The van der Waals surface area contributed by atoms with Crippen molar-refractivity contribution in [2.24, 2.45) is 0 Å². The number of hydrogen-bond donors (Lipinski definition) is 2. The maximum absolute atomic E-state index is 11.9. The summed E-state index contributed by atoms with van der Waals surface area (Å²) in [5, 5.41) is 12.0. The highest BCUT2D eigenvalue weighted by Crippen LogP contribution is 2.32. The molecule has 7 heteroatoms. The van der Waals surface area contributed by atoms with Crippen LogP contribution in [0.2, 0.25) is 10.0 Å². The number of carboxylic acid groups (broad SMARTS) is 1. The van der Waals surface area contributed by atoms with Gasteiger partial charge in [0.05, 0.1) is 16.7 Å². The number of carbonyl (C=O) groups is 2. The van der Waals surface area contributed by atoms with Gasteiger partial charge >= 0.3 is 5.97 Å². The van der Waals surface area contributed by atoms with E-state index in [1.165, 1.54) is 11.8 Å². The second-order valence-corrected chi connectivity index (χ2v) is 6.57. The van der Waals surface area contributed by atoms with Crippen molar-refractivity contribution in [2.75, 3.05) is 0 Å². The fraction of sp³-hybridized carbons (Fsp3) is 0.385. The van der Waals surface area contributed by atoms with Crippen LogP contribution in [0.25, 0.3) is 0 Å². The van der Waals surface area contributed by atoms with Crippen molar-refractivity contribution in [1.82, 2.24) is 5.32 Å². The minimum Gasteiger partial charge on any atom is -0.481 e. The summed E-state index contributed by atoms with van der Waals surface area (Å²) in [5.41, 5.74) is 0. The molecule has 0 fully saturated rings. The van der Waals surface area contributed by atoms with Crippen LogP contribution in [0.15, 0.2) is 23.1 Å². The normalized spacial score (nSPS) is 13.6. The van der Waals surface area contributed by atoms with Gasteiger partial charge in [0.15, 0.2) is 0 Å². The Balaban J connectivity index is 2.61.